The number of benzene rings is 1. The van der Waals surface area contributed by atoms with E-state index in [9.17, 15) is 9.59 Å². The molecule has 0 heterocycles. The lowest BCUT2D eigenvalue weighted by atomic mass is 10.2. The van der Waals surface area contributed by atoms with E-state index in [1.54, 1.807) is 0 Å². The van der Waals surface area contributed by atoms with Crippen molar-refractivity contribution in [2.24, 2.45) is 5.92 Å². The molecule has 0 aliphatic heterocycles. The molecular formula is C13H18N2O4. The van der Waals surface area contributed by atoms with Gasteiger partial charge in [-0.05, 0) is 12.1 Å². The van der Waals surface area contributed by atoms with Crippen LogP contribution in [0, 0.1) is 5.92 Å². The van der Waals surface area contributed by atoms with Crippen LogP contribution in [0.5, 0.6) is 5.75 Å². The van der Waals surface area contributed by atoms with Crippen LogP contribution in [-0.4, -0.2) is 36.8 Å². The number of carboxylic acids is 1. The van der Waals surface area contributed by atoms with Crippen molar-refractivity contribution in [1.29, 1.82) is 0 Å². The first-order valence-electron chi connectivity index (χ1n) is 6.02. The lowest BCUT2D eigenvalue weighted by molar-refractivity contribution is -0.140. The third-order valence-corrected chi connectivity index (χ3v) is 2.39. The minimum absolute atomic E-state index is 0.0979. The number of hydrogen-bond donors (Lipinski definition) is 3. The maximum absolute atomic E-state index is 11.3. The van der Waals surface area contributed by atoms with E-state index < -0.39 is 17.9 Å². The van der Waals surface area contributed by atoms with Gasteiger partial charge in [-0.15, -0.1) is 0 Å². The average molecular weight is 266 g/mol. The van der Waals surface area contributed by atoms with E-state index >= 15 is 0 Å². The predicted molar refractivity (Wildman–Crippen MR) is 70.1 cm³/mol. The van der Waals surface area contributed by atoms with Gasteiger partial charge in [-0.1, -0.05) is 25.1 Å². The smallest absolute Gasteiger partial charge is 0.314 e. The third kappa shape index (κ3) is 6.30. The molecule has 0 fully saturated rings. The van der Waals surface area contributed by atoms with Crippen molar-refractivity contribution in [1.82, 2.24) is 10.6 Å². The average Bonchev–Trinajstić information content (AvgIpc) is 2.42. The first-order chi connectivity index (χ1) is 9.09. The van der Waals surface area contributed by atoms with Crippen LogP contribution >= 0.6 is 0 Å². The highest BCUT2D eigenvalue weighted by atomic mass is 16.5. The number of amides is 2. The van der Waals surface area contributed by atoms with Gasteiger partial charge in [0.25, 0.3) is 0 Å². The maximum Gasteiger partial charge on any atom is 0.314 e. The molecule has 6 nitrogen and oxygen atoms in total. The highest BCUT2D eigenvalue weighted by Crippen LogP contribution is 2.07. The van der Waals surface area contributed by atoms with E-state index in [4.69, 9.17) is 9.84 Å². The number of urea groups is 1. The monoisotopic (exact) mass is 266 g/mol. The molecule has 1 rings (SSSR count). The SMILES string of the molecule is CC(CNC(=O)NCCOc1ccccc1)C(=O)O. The second-order valence-corrected chi connectivity index (χ2v) is 4.04. The van der Waals surface area contributed by atoms with Crippen LogP contribution in [0.2, 0.25) is 0 Å². The van der Waals surface area contributed by atoms with Crippen molar-refractivity contribution in [3.05, 3.63) is 30.3 Å². The van der Waals surface area contributed by atoms with E-state index in [2.05, 4.69) is 10.6 Å². The molecule has 104 valence electrons. The number of ether oxygens (including phenoxy) is 1. The fraction of sp³-hybridized carbons (Fsp3) is 0.385. The molecule has 0 saturated heterocycles. The van der Waals surface area contributed by atoms with Gasteiger partial charge in [-0.25, -0.2) is 4.79 Å². The molecule has 2 amide bonds. The summed E-state index contributed by atoms with van der Waals surface area (Å²) in [6.45, 7) is 2.33. The molecule has 0 saturated carbocycles. The number of para-hydroxylation sites is 1. The van der Waals surface area contributed by atoms with Crippen molar-refractivity contribution in [2.75, 3.05) is 19.7 Å². The number of hydrogen-bond acceptors (Lipinski definition) is 3. The lowest BCUT2D eigenvalue weighted by Crippen LogP contribution is -2.40. The molecule has 0 aliphatic rings. The quantitative estimate of drug-likeness (QED) is 0.644. The van der Waals surface area contributed by atoms with Gasteiger partial charge < -0.3 is 20.5 Å². The molecule has 0 spiro atoms. The molecule has 19 heavy (non-hydrogen) atoms. The molecule has 3 N–H and O–H groups in total. The van der Waals surface area contributed by atoms with Crippen molar-refractivity contribution in [3.63, 3.8) is 0 Å². The Bertz CT molecular complexity index is 408. The second kappa shape index (κ2) is 7.97. The molecule has 1 aromatic carbocycles. The Morgan fingerprint density at radius 3 is 2.58 bits per heavy atom. The Balaban J connectivity index is 2.09. The standard InChI is InChI=1S/C13H18N2O4/c1-10(12(16)17)9-15-13(18)14-7-8-19-11-5-3-2-4-6-11/h2-6,10H,7-9H2,1H3,(H,16,17)(H2,14,15,18). The Hall–Kier alpha value is -2.24. The summed E-state index contributed by atoms with van der Waals surface area (Å²) in [4.78, 5) is 21.8. The Morgan fingerprint density at radius 2 is 1.95 bits per heavy atom. The zero-order valence-corrected chi connectivity index (χ0v) is 10.8. The molecule has 0 radical (unpaired) electrons. The summed E-state index contributed by atoms with van der Waals surface area (Å²) in [5, 5.41) is 13.7. The molecule has 0 aliphatic carbocycles. The number of carboxylic acid groups (broad SMARTS) is 1. The van der Waals surface area contributed by atoms with E-state index in [0.29, 0.717) is 13.2 Å². The van der Waals surface area contributed by atoms with Crippen molar-refractivity contribution in [2.45, 2.75) is 6.92 Å². The van der Waals surface area contributed by atoms with Crippen molar-refractivity contribution >= 4 is 12.0 Å². The van der Waals surface area contributed by atoms with Gasteiger partial charge in [0, 0.05) is 6.54 Å². The van der Waals surface area contributed by atoms with Crippen LogP contribution < -0.4 is 15.4 Å². The summed E-state index contributed by atoms with van der Waals surface area (Å²) >= 11 is 0. The largest absolute Gasteiger partial charge is 0.492 e. The Labute approximate surface area is 111 Å². The minimum atomic E-state index is -0.937. The summed E-state index contributed by atoms with van der Waals surface area (Å²) in [6.07, 6.45) is 0. The lowest BCUT2D eigenvalue weighted by Gasteiger charge is -2.10. The Morgan fingerprint density at radius 1 is 1.26 bits per heavy atom. The van der Waals surface area contributed by atoms with Crippen LogP contribution in [0.15, 0.2) is 30.3 Å². The summed E-state index contributed by atoms with van der Waals surface area (Å²) in [6, 6.07) is 8.88. The second-order valence-electron chi connectivity index (χ2n) is 4.04. The van der Waals surface area contributed by atoms with Crippen molar-refractivity contribution in [3.8, 4) is 5.75 Å². The fourth-order valence-corrected chi connectivity index (χ4v) is 1.25. The van der Waals surface area contributed by atoms with Gasteiger partial charge in [0.1, 0.15) is 12.4 Å². The highest BCUT2D eigenvalue weighted by molar-refractivity contribution is 5.75. The van der Waals surface area contributed by atoms with Gasteiger partial charge in [0.2, 0.25) is 0 Å². The number of carbonyl (C=O) groups is 2. The highest BCUT2D eigenvalue weighted by Gasteiger charge is 2.11. The van der Waals surface area contributed by atoms with Crippen LogP contribution in [0.4, 0.5) is 4.79 Å². The Kier molecular flexibility index (Phi) is 6.21. The molecule has 1 unspecified atom stereocenters. The summed E-state index contributed by atoms with van der Waals surface area (Å²) in [5.74, 6) is -0.803. The zero-order chi connectivity index (χ0) is 14.1. The molecule has 1 aromatic rings. The number of nitrogens with one attached hydrogen (secondary N) is 2. The normalized spacial score (nSPS) is 11.4. The van der Waals surface area contributed by atoms with Gasteiger partial charge in [-0.3, -0.25) is 4.79 Å². The van der Waals surface area contributed by atoms with Crippen LogP contribution in [0.1, 0.15) is 6.92 Å². The summed E-state index contributed by atoms with van der Waals surface area (Å²) in [7, 11) is 0. The van der Waals surface area contributed by atoms with Gasteiger partial charge in [-0.2, -0.15) is 0 Å². The van der Waals surface area contributed by atoms with Crippen LogP contribution in [0.25, 0.3) is 0 Å². The number of rotatable bonds is 7. The first kappa shape index (κ1) is 14.8. The van der Waals surface area contributed by atoms with E-state index in [1.165, 1.54) is 6.92 Å². The third-order valence-electron chi connectivity index (χ3n) is 2.39. The van der Waals surface area contributed by atoms with Crippen LogP contribution in [0.3, 0.4) is 0 Å². The van der Waals surface area contributed by atoms with Gasteiger partial charge in [0.05, 0.1) is 12.5 Å². The topological polar surface area (TPSA) is 87.7 Å². The maximum atomic E-state index is 11.3. The van der Waals surface area contributed by atoms with Crippen molar-refractivity contribution < 1.29 is 19.4 Å². The van der Waals surface area contributed by atoms with E-state index in [1.807, 2.05) is 30.3 Å². The molecule has 1 atom stereocenters. The molecule has 6 heteroatoms. The minimum Gasteiger partial charge on any atom is -0.492 e. The summed E-state index contributed by atoms with van der Waals surface area (Å²) in [5.41, 5.74) is 0. The molecule has 0 bridgehead atoms. The van der Waals surface area contributed by atoms with Crippen LogP contribution in [-0.2, 0) is 4.79 Å². The fourth-order valence-electron chi connectivity index (χ4n) is 1.25. The zero-order valence-electron chi connectivity index (χ0n) is 10.8. The summed E-state index contributed by atoms with van der Waals surface area (Å²) < 4.78 is 5.38. The molecular weight excluding hydrogens is 248 g/mol. The van der Waals surface area contributed by atoms with Gasteiger partial charge in [0.15, 0.2) is 0 Å². The first-order valence-corrected chi connectivity index (χ1v) is 6.02. The van der Waals surface area contributed by atoms with E-state index in [0.717, 1.165) is 5.75 Å². The molecule has 0 aromatic heterocycles. The van der Waals surface area contributed by atoms with Gasteiger partial charge >= 0.3 is 12.0 Å². The number of carbonyl (C=O) groups excluding carboxylic acids is 1. The van der Waals surface area contributed by atoms with E-state index in [-0.39, 0.29) is 6.54 Å². The predicted octanol–water partition coefficient (Wildman–Crippen LogP) is 1.09. The number of aliphatic carboxylic acids is 1.